The van der Waals surface area contributed by atoms with Crippen LogP contribution < -0.4 is 5.32 Å². The third-order valence-corrected chi connectivity index (χ3v) is 3.46. The van der Waals surface area contributed by atoms with Crippen LogP contribution in [0.25, 0.3) is 0 Å². The van der Waals surface area contributed by atoms with Crippen molar-refractivity contribution in [1.29, 1.82) is 0 Å². The first-order chi connectivity index (χ1) is 9.13. The predicted octanol–water partition coefficient (Wildman–Crippen LogP) is 0.939. The lowest BCUT2D eigenvalue weighted by atomic mass is 10.2. The zero-order valence-electron chi connectivity index (χ0n) is 11.8. The lowest BCUT2D eigenvalue weighted by Crippen LogP contribution is -2.45. The molecule has 0 saturated carbocycles. The normalized spacial score (nSPS) is 21.9. The molecule has 1 aliphatic rings. The molecule has 1 amide bonds. The number of carbonyl (C=O) groups is 1. The molecule has 19 heavy (non-hydrogen) atoms. The number of nitrogens with one attached hydrogen (secondary N) is 1. The van der Waals surface area contributed by atoms with Crippen molar-refractivity contribution in [3.63, 3.8) is 0 Å². The third kappa shape index (κ3) is 4.65. The highest BCUT2D eigenvalue weighted by molar-refractivity contribution is 5.73. The first-order valence-electron chi connectivity index (χ1n) is 6.85. The van der Waals surface area contributed by atoms with E-state index in [1.807, 2.05) is 6.07 Å². The van der Waals surface area contributed by atoms with Crippen LogP contribution in [0, 0.1) is 0 Å². The van der Waals surface area contributed by atoms with Crippen LogP contribution in [0.15, 0.2) is 30.3 Å². The molecule has 0 bridgehead atoms. The van der Waals surface area contributed by atoms with Crippen LogP contribution in [-0.2, 0) is 11.3 Å². The fourth-order valence-corrected chi connectivity index (χ4v) is 2.60. The molecule has 104 valence electrons. The smallest absolute Gasteiger partial charge is 0.217 e. The number of amides is 1. The van der Waals surface area contributed by atoms with E-state index in [0.29, 0.717) is 0 Å². The van der Waals surface area contributed by atoms with Crippen LogP contribution in [0.1, 0.15) is 12.5 Å². The molecule has 4 heteroatoms. The minimum Gasteiger partial charge on any atom is -0.351 e. The molecule has 1 aromatic carbocycles. The lowest BCUT2D eigenvalue weighted by Gasteiger charge is -2.24. The molecule has 4 nitrogen and oxygen atoms in total. The second-order valence-corrected chi connectivity index (χ2v) is 5.38. The predicted molar refractivity (Wildman–Crippen MR) is 76.8 cm³/mol. The van der Waals surface area contributed by atoms with Gasteiger partial charge < -0.3 is 10.2 Å². The third-order valence-electron chi connectivity index (χ3n) is 3.46. The maximum Gasteiger partial charge on any atom is 0.217 e. The number of nitrogens with zero attached hydrogens (tertiary/aromatic N) is 2. The number of hydrogen-bond acceptors (Lipinski definition) is 3. The van der Waals surface area contributed by atoms with Crippen LogP contribution in [0.3, 0.4) is 0 Å². The van der Waals surface area contributed by atoms with E-state index in [4.69, 9.17) is 0 Å². The highest BCUT2D eigenvalue weighted by Gasteiger charge is 2.21. The van der Waals surface area contributed by atoms with E-state index in [0.717, 1.165) is 32.7 Å². The Labute approximate surface area is 115 Å². The molecule has 2 rings (SSSR count). The van der Waals surface area contributed by atoms with Gasteiger partial charge in [-0.15, -0.1) is 0 Å². The highest BCUT2D eigenvalue weighted by atomic mass is 16.1. The minimum absolute atomic E-state index is 0.0555. The average molecular weight is 261 g/mol. The van der Waals surface area contributed by atoms with Gasteiger partial charge in [0.2, 0.25) is 5.91 Å². The number of hydrogen-bond donors (Lipinski definition) is 1. The summed E-state index contributed by atoms with van der Waals surface area (Å²) in [5.74, 6) is 0.0555. The van der Waals surface area contributed by atoms with Crippen molar-refractivity contribution >= 4 is 5.91 Å². The summed E-state index contributed by atoms with van der Waals surface area (Å²) in [6.07, 6.45) is 0. The molecule has 0 spiro atoms. The Morgan fingerprint density at radius 3 is 2.68 bits per heavy atom. The van der Waals surface area contributed by atoms with Gasteiger partial charge in [0.05, 0.1) is 6.04 Å². The Hall–Kier alpha value is -1.39. The maximum absolute atomic E-state index is 11.2. The quantitative estimate of drug-likeness (QED) is 0.879. The fourth-order valence-electron chi connectivity index (χ4n) is 2.60. The summed E-state index contributed by atoms with van der Waals surface area (Å²) in [6, 6.07) is 10.7. The maximum atomic E-state index is 11.2. The Bertz CT molecular complexity index is 407. The molecule has 1 heterocycles. The van der Waals surface area contributed by atoms with Crippen molar-refractivity contribution in [3.05, 3.63) is 35.9 Å². The standard InChI is InChI=1S/C15H23N3O/c1-13(19)16-15-11-17(2)8-9-18(12-15)10-14-6-4-3-5-7-14/h3-7,15H,8-12H2,1-2H3,(H,16,19). The van der Waals surface area contributed by atoms with Crippen LogP contribution in [0.5, 0.6) is 0 Å². The summed E-state index contributed by atoms with van der Waals surface area (Å²) in [6.45, 7) is 6.46. The topological polar surface area (TPSA) is 35.6 Å². The molecule has 0 radical (unpaired) electrons. The van der Waals surface area contributed by atoms with Crippen molar-refractivity contribution in [3.8, 4) is 0 Å². The number of carbonyl (C=O) groups excluding carboxylic acids is 1. The molecule has 1 N–H and O–H groups in total. The molecular formula is C15H23N3O. The van der Waals surface area contributed by atoms with Crippen molar-refractivity contribution in [2.75, 3.05) is 33.2 Å². The van der Waals surface area contributed by atoms with Gasteiger partial charge in [-0.1, -0.05) is 30.3 Å². The van der Waals surface area contributed by atoms with Crippen LogP contribution in [-0.4, -0.2) is 55.0 Å². The van der Waals surface area contributed by atoms with Crippen molar-refractivity contribution < 1.29 is 4.79 Å². The van der Waals surface area contributed by atoms with E-state index in [9.17, 15) is 4.79 Å². The summed E-state index contributed by atoms with van der Waals surface area (Å²) in [5.41, 5.74) is 1.33. The van der Waals surface area contributed by atoms with E-state index in [-0.39, 0.29) is 11.9 Å². The number of rotatable bonds is 3. The van der Waals surface area contributed by atoms with Gasteiger partial charge >= 0.3 is 0 Å². The van der Waals surface area contributed by atoms with Gasteiger partial charge in [0, 0.05) is 39.6 Å². The van der Waals surface area contributed by atoms with E-state index in [1.54, 1.807) is 6.92 Å². The van der Waals surface area contributed by atoms with Gasteiger partial charge in [-0.2, -0.15) is 0 Å². The second kappa shape index (κ2) is 6.68. The molecule has 1 atom stereocenters. The molecular weight excluding hydrogens is 238 g/mol. The fraction of sp³-hybridized carbons (Fsp3) is 0.533. The lowest BCUT2D eigenvalue weighted by molar-refractivity contribution is -0.119. The number of benzene rings is 1. The van der Waals surface area contributed by atoms with Crippen molar-refractivity contribution in [1.82, 2.24) is 15.1 Å². The van der Waals surface area contributed by atoms with E-state index in [1.165, 1.54) is 5.56 Å². The van der Waals surface area contributed by atoms with Gasteiger partial charge in [-0.3, -0.25) is 9.69 Å². The van der Waals surface area contributed by atoms with E-state index >= 15 is 0 Å². The average Bonchev–Trinajstić information content (AvgIpc) is 2.52. The Morgan fingerprint density at radius 1 is 1.26 bits per heavy atom. The van der Waals surface area contributed by atoms with E-state index < -0.39 is 0 Å². The Kier molecular flexibility index (Phi) is 4.93. The first kappa shape index (κ1) is 14.0. The molecule has 1 saturated heterocycles. The minimum atomic E-state index is 0.0555. The summed E-state index contributed by atoms with van der Waals surface area (Å²) in [7, 11) is 2.11. The second-order valence-electron chi connectivity index (χ2n) is 5.38. The SMILES string of the molecule is CC(=O)NC1CN(C)CCN(Cc2ccccc2)C1. The van der Waals surface area contributed by atoms with Crippen molar-refractivity contribution in [2.45, 2.75) is 19.5 Å². The largest absolute Gasteiger partial charge is 0.351 e. The monoisotopic (exact) mass is 261 g/mol. The Morgan fingerprint density at radius 2 is 2.00 bits per heavy atom. The van der Waals surface area contributed by atoms with Gasteiger partial charge in [0.25, 0.3) is 0 Å². The molecule has 1 fully saturated rings. The van der Waals surface area contributed by atoms with Gasteiger partial charge in [0.1, 0.15) is 0 Å². The van der Waals surface area contributed by atoms with Gasteiger partial charge in [-0.05, 0) is 12.6 Å². The van der Waals surface area contributed by atoms with Crippen LogP contribution in [0.4, 0.5) is 0 Å². The van der Waals surface area contributed by atoms with E-state index in [2.05, 4.69) is 46.4 Å². The van der Waals surface area contributed by atoms with Crippen LogP contribution >= 0.6 is 0 Å². The number of likely N-dealkylation sites (N-methyl/N-ethyl adjacent to an activating group) is 1. The zero-order chi connectivity index (χ0) is 13.7. The summed E-state index contributed by atoms with van der Waals surface area (Å²) in [4.78, 5) is 15.9. The van der Waals surface area contributed by atoms with Gasteiger partial charge in [-0.25, -0.2) is 0 Å². The molecule has 1 aliphatic heterocycles. The molecule has 1 unspecified atom stereocenters. The summed E-state index contributed by atoms with van der Waals surface area (Å²) < 4.78 is 0. The molecule has 0 aromatic heterocycles. The van der Waals surface area contributed by atoms with Crippen LogP contribution in [0.2, 0.25) is 0 Å². The molecule has 1 aromatic rings. The Balaban J connectivity index is 1.97. The van der Waals surface area contributed by atoms with Crippen molar-refractivity contribution in [2.24, 2.45) is 0 Å². The first-order valence-corrected chi connectivity index (χ1v) is 6.85. The highest BCUT2D eigenvalue weighted by Crippen LogP contribution is 2.08. The summed E-state index contributed by atoms with van der Waals surface area (Å²) in [5, 5.41) is 3.05. The van der Waals surface area contributed by atoms with Gasteiger partial charge in [0.15, 0.2) is 0 Å². The molecule has 0 aliphatic carbocycles. The zero-order valence-corrected chi connectivity index (χ0v) is 11.8. The summed E-state index contributed by atoms with van der Waals surface area (Å²) >= 11 is 0.